The highest BCUT2D eigenvalue weighted by Gasteiger charge is 2.15. The molecule has 0 saturated carbocycles. The summed E-state index contributed by atoms with van der Waals surface area (Å²) in [5.74, 6) is -1.42. The summed E-state index contributed by atoms with van der Waals surface area (Å²) in [5, 5.41) is 11.4. The van der Waals surface area contributed by atoms with E-state index < -0.39 is 17.9 Å². The highest BCUT2D eigenvalue weighted by atomic mass is 35.5. The Morgan fingerprint density at radius 1 is 1.61 bits per heavy atom. The molecule has 1 unspecified atom stereocenters. The first-order chi connectivity index (χ1) is 8.40. The molecule has 0 aromatic carbocycles. The molecule has 0 radical (unpaired) electrons. The summed E-state index contributed by atoms with van der Waals surface area (Å²) in [6.07, 6.45) is 1.37. The van der Waals surface area contributed by atoms with Crippen LogP contribution in [0.1, 0.15) is 18.4 Å². The Kier molecular flexibility index (Phi) is 5.06. The molecule has 0 bridgehead atoms. The fourth-order valence-electron chi connectivity index (χ4n) is 1.29. The summed E-state index contributed by atoms with van der Waals surface area (Å²) in [7, 11) is 0. The molecule has 6 nitrogen and oxygen atoms in total. The normalized spacial score (nSPS) is 11.9. The molecule has 0 aliphatic heterocycles. The fraction of sp³-hybridized carbons (Fsp3) is 0.364. The first-order valence-corrected chi connectivity index (χ1v) is 5.68. The third-order valence-corrected chi connectivity index (χ3v) is 2.55. The number of carboxylic acid groups (broad SMARTS) is 1. The topological polar surface area (TPSA) is 105 Å². The lowest BCUT2D eigenvalue weighted by atomic mass is 10.1. The van der Waals surface area contributed by atoms with Crippen LogP contribution in [0.2, 0.25) is 5.15 Å². The van der Waals surface area contributed by atoms with Crippen molar-refractivity contribution in [2.75, 3.05) is 5.32 Å². The zero-order valence-electron chi connectivity index (χ0n) is 9.81. The van der Waals surface area contributed by atoms with Crippen molar-refractivity contribution in [1.82, 2.24) is 4.98 Å². The molecule has 7 heteroatoms. The van der Waals surface area contributed by atoms with E-state index in [0.717, 1.165) is 5.56 Å². The van der Waals surface area contributed by atoms with Crippen molar-refractivity contribution in [3.63, 3.8) is 0 Å². The van der Waals surface area contributed by atoms with E-state index in [4.69, 9.17) is 22.4 Å². The molecule has 0 saturated heterocycles. The third-order valence-electron chi connectivity index (χ3n) is 2.34. The third kappa shape index (κ3) is 4.31. The van der Waals surface area contributed by atoms with Gasteiger partial charge < -0.3 is 16.2 Å². The molecule has 1 heterocycles. The zero-order chi connectivity index (χ0) is 13.7. The Morgan fingerprint density at radius 2 is 2.28 bits per heavy atom. The van der Waals surface area contributed by atoms with Gasteiger partial charge in [-0.1, -0.05) is 11.6 Å². The summed E-state index contributed by atoms with van der Waals surface area (Å²) in [4.78, 5) is 25.9. The van der Waals surface area contributed by atoms with E-state index in [1.54, 1.807) is 13.0 Å². The maximum absolute atomic E-state index is 11.7. The van der Waals surface area contributed by atoms with Crippen LogP contribution in [0.3, 0.4) is 0 Å². The van der Waals surface area contributed by atoms with Gasteiger partial charge in [0.25, 0.3) is 0 Å². The van der Waals surface area contributed by atoms with Crippen molar-refractivity contribution in [2.24, 2.45) is 5.73 Å². The van der Waals surface area contributed by atoms with Crippen LogP contribution in [-0.4, -0.2) is 28.0 Å². The minimum Gasteiger partial charge on any atom is -0.481 e. The van der Waals surface area contributed by atoms with Crippen LogP contribution in [0.4, 0.5) is 5.69 Å². The summed E-state index contributed by atoms with van der Waals surface area (Å²) >= 11 is 5.69. The Labute approximate surface area is 109 Å². The number of amides is 1. The van der Waals surface area contributed by atoms with Crippen LogP contribution in [0.5, 0.6) is 0 Å². The number of hydrogen-bond donors (Lipinski definition) is 3. The van der Waals surface area contributed by atoms with Gasteiger partial charge in [-0.3, -0.25) is 9.59 Å². The van der Waals surface area contributed by atoms with Gasteiger partial charge in [-0.25, -0.2) is 4.98 Å². The van der Waals surface area contributed by atoms with E-state index in [9.17, 15) is 9.59 Å². The average molecular weight is 272 g/mol. The smallest absolute Gasteiger partial charge is 0.303 e. The van der Waals surface area contributed by atoms with E-state index in [1.807, 2.05) is 0 Å². The lowest BCUT2D eigenvalue weighted by Gasteiger charge is -2.12. The number of carbonyl (C=O) groups is 2. The molecule has 0 fully saturated rings. The molecular formula is C11H14ClN3O3. The molecule has 1 aromatic rings. The minimum absolute atomic E-state index is 0.0846. The predicted molar refractivity (Wildman–Crippen MR) is 67.5 cm³/mol. The number of nitrogens with two attached hydrogens (primary N) is 1. The van der Waals surface area contributed by atoms with Gasteiger partial charge in [0.15, 0.2) is 0 Å². The van der Waals surface area contributed by atoms with Crippen LogP contribution in [0.15, 0.2) is 12.3 Å². The lowest BCUT2D eigenvalue weighted by Crippen LogP contribution is -2.36. The molecule has 98 valence electrons. The average Bonchev–Trinajstić information content (AvgIpc) is 2.29. The number of nitrogens with zero attached hydrogens (tertiary/aromatic N) is 1. The van der Waals surface area contributed by atoms with Crippen molar-refractivity contribution >= 4 is 29.2 Å². The van der Waals surface area contributed by atoms with Gasteiger partial charge >= 0.3 is 5.97 Å². The van der Waals surface area contributed by atoms with Crippen LogP contribution in [-0.2, 0) is 9.59 Å². The molecule has 0 aliphatic carbocycles. The lowest BCUT2D eigenvalue weighted by molar-refractivity contribution is -0.137. The fourth-order valence-corrected chi connectivity index (χ4v) is 1.50. The number of anilines is 1. The Balaban J connectivity index is 2.61. The van der Waals surface area contributed by atoms with Gasteiger partial charge in [0, 0.05) is 6.42 Å². The molecule has 4 N–H and O–H groups in total. The van der Waals surface area contributed by atoms with E-state index in [1.165, 1.54) is 6.20 Å². The number of aliphatic carboxylic acids is 1. The second-order valence-corrected chi connectivity index (χ2v) is 4.24. The first-order valence-electron chi connectivity index (χ1n) is 5.30. The van der Waals surface area contributed by atoms with Gasteiger partial charge in [-0.05, 0) is 25.0 Å². The van der Waals surface area contributed by atoms with Crippen LogP contribution in [0.25, 0.3) is 0 Å². The summed E-state index contributed by atoms with van der Waals surface area (Å²) in [6, 6.07) is 0.746. The summed E-state index contributed by atoms with van der Waals surface area (Å²) in [6.45, 7) is 1.77. The maximum atomic E-state index is 11.7. The number of aromatic nitrogens is 1. The van der Waals surface area contributed by atoms with Crippen molar-refractivity contribution in [3.05, 3.63) is 23.0 Å². The molecule has 1 rings (SSSR count). The Bertz CT molecular complexity index is 465. The standard InChI is InChI=1S/C11H14ClN3O3/c1-6-4-9(12)14-5-8(6)15-11(18)7(13)2-3-10(16)17/h4-5,7H,2-3,13H2,1H3,(H,15,18)(H,16,17). The Morgan fingerprint density at radius 3 is 2.83 bits per heavy atom. The molecular weight excluding hydrogens is 258 g/mol. The van der Waals surface area contributed by atoms with Crippen LogP contribution in [0, 0.1) is 6.92 Å². The SMILES string of the molecule is Cc1cc(Cl)ncc1NC(=O)C(N)CCC(=O)O. The van der Waals surface area contributed by atoms with Crippen molar-refractivity contribution in [3.8, 4) is 0 Å². The number of aryl methyl sites for hydroxylation is 1. The van der Waals surface area contributed by atoms with E-state index in [0.29, 0.717) is 10.8 Å². The highest BCUT2D eigenvalue weighted by molar-refractivity contribution is 6.29. The highest BCUT2D eigenvalue weighted by Crippen LogP contribution is 2.17. The second-order valence-electron chi connectivity index (χ2n) is 3.85. The van der Waals surface area contributed by atoms with E-state index in [2.05, 4.69) is 10.3 Å². The molecule has 1 atom stereocenters. The molecule has 0 aliphatic rings. The number of rotatable bonds is 5. The summed E-state index contributed by atoms with van der Waals surface area (Å²) < 4.78 is 0. The van der Waals surface area contributed by atoms with Gasteiger partial charge in [0.1, 0.15) is 5.15 Å². The molecule has 18 heavy (non-hydrogen) atoms. The number of carboxylic acids is 1. The first kappa shape index (κ1) is 14.4. The van der Waals surface area contributed by atoms with Crippen molar-refractivity contribution < 1.29 is 14.7 Å². The zero-order valence-corrected chi connectivity index (χ0v) is 10.6. The quantitative estimate of drug-likeness (QED) is 0.697. The monoisotopic (exact) mass is 271 g/mol. The van der Waals surface area contributed by atoms with Gasteiger partial charge in [-0.15, -0.1) is 0 Å². The number of pyridine rings is 1. The number of carbonyl (C=O) groups excluding carboxylic acids is 1. The second kappa shape index (κ2) is 6.32. The summed E-state index contributed by atoms with van der Waals surface area (Å²) in [5.41, 5.74) is 6.84. The van der Waals surface area contributed by atoms with Crippen LogP contribution < -0.4 is 11.1 Å². The number of nitrogens with one attached hydrogen (secondary N) is 1. The van der Waals surface area contributed by atoms with E-state index in [-0.39, 0.29) is 12.8 Å². The maximum Gasteiger partial charge on any atom is 0.303 e. The molecule has 1 aromatic heterocycles. The molecule has 1 amide bonds. The Hall–Kier alpha value is -1.66. The van der Waals surface area contributed by atoms with Gasteiger partial charge in [0.05, 0.1) is 17.9 Å². The van der Waals surface area contributed by atoms with E-state index >= 15 is 0 Å². The van der Waals surface area contributed by atoms with Crippen LogP contribution >= 0.6 is 11.6 Å². The predicted octanol–water partition coefficient (Wildman–Crippen LogP) is 1.17. The largest absolute Gasteiger partial charge is 0.481 e. The van der Waals surface area contributed by atoms with Crippen molar-refractivity contribution in [1.29, 1.82) is 0 Å². The van der Waals surface area contributed by atoms with Gasteiger partial charge in [-0.2, -0.15) is 0 Å². The number of halogens is 1. The molecule has 0 spiro atoms. The number of hydrogen-bond acceptors (Lipinski definition) is 4. The van der Waals surface area contributed by atoms with Crippen molar-refractivity contribution in [2.45, 2.75) is 25.8 Å². The minimum atomic E-state index is -0.984. The van der Waals surface area contributed by atoms with Gasteiger partial charge in [0.2, 0.25) is 5.91 Å².